The van der Waals surface area contributed by atoms with Crippen molar-refractivity contribution in [3.8, 4) is 11.1 Å². The molecule has 4 rings (SSSR count). The second kappa shape index (κ2) is 7.91. The second-order valence-electron chi connectivity index (χ2n) is 7.19. The van der Waals surface area contributed by atoms with E-state index in [9.17, 15) is 14.7 Å². The summed E-state index contributed by atoms with van der Waals surface area (Å²) in [5.74, 6) is -2.35. The third-order valence-corrected chi connectivity index (χ3v) is 6.54. The molecule has 152 valence electrons. The largest absolute Gasteiger partial charge is 0.479 e. The van der Waals surface area contributed by atoms with Crippen molar-refractivity contribution in [2.75, 3.05) is 10.5 Å². The van der Waals surface area contributed by atoms with Crippen LogP contribution in [0.15, 0.2) is 73.1 Å². The number of pyridine rings is 1. The molecule has 1 aromatic heterocycles. The summed E-state index contributed by atoms with van der Waals surface area (Å²) >= 11 is 3.23. The van der Waals surface area contributed by atoms with E-state index in [1.165, 1.54) is 17.0 Å². The van der Waals surface area contributed by atoms with Gasteiger partial charge in [-0.3, -0.25) is 8.91 Å². The average Bonchev–Trinajstić information content (AvgIpc) is 3.10. The van der Waals surface area contributed by atoms with Gasteiger partial charge >= 0.3 is 11.9 Å². The average molecular weight is 467 g/mol. The Balaban J connectivity index is 1.60. The first-order valence-corrected chi connectivity index (χ1v) is 10.1. The van der Waals surface area contributed by atoms with Gasteiger partial charge in [0.05, 0.1) is 28.0 Å². The molecule has 0 radical (unpaired) electrons. The molecule has 0 spiro atoms. The zero-order valence-corrected chi connectivity index (χ0v) is 17.7. The van der Waals surface area contributed by atoms with E-state index >= 15 is 0 Å². The van der Waals surface area contributed by atoms with E-state index in [2.05, 4.69) is 21.1 Å². The molecule has 2 aromatic carbocycles. The summed E-state index contributed by atoms with van der Waals surface area (Å²) < 4.78 is 6.79. The summed E-state index contributed by atoms with van der Waals surface area (Å²) in [6, 6.07) is 19.3. The summed E-state index contributed by atoms with van der Waals surface area (Å²) in [6.45, 7) is 1.35. The maximum absolute atomic E-state index is 13.0. The van der Waals surface area contributed by atoms with Gasteiger partial charge in [0, 0.05) is 12.1 Å². The lowest BCUT2D eigenvalue weighted by atomic mass is 9.97. The number of esters is 1. The molecular weight excluding hydrogens is 448 g/mol. The first-order valence-electron chi connectivity index (χ1n) is 9.39. The number of ether oxygens (including phenoxy) is 1. The SMILES string of the molecule is C[C@](C(=O)O)(C(=O)OCC1c2ccccc2-c2ccccc21)N(Br)c1cccnc1. The fourth-order valence-electron chi connectivity index (χ4n) is 3.72. The molecule has 30 heavy (non-hydrogen) atoms. The van der Waals surface area contributed by atoms with Gasteiger partial charge in [0.15, 0.2) is 0 Å². The van der Waals surface area contributed by atoms with E-state index in [0.717, 1.165) is 22.3 Å². The molecule has 0 saturated heterocycles. The maximum Gasteiger partial charge on any atom is 0.344 e. The Labute approximate surface area is 182 Å². The highest BCUT2D eigenvalue weighted by Crippen LogP contribution is 2.44. The van der Waals surface area contributed by atoms with Crippen LogP contribution in [0, 0.1) is 0 Å². The fraction of sp³-hybridized carbons (Fsp3) is 0.174. The van der Waals surface area contributed by atoms with Crippen LogP contribution < -0.4 is 3.93 Å². The summed E-state index contributed by atoms with van der Waals surface area (Å²) in [7, 11) is 0. The Morgan fingerprint density at radius 3 is 2.20 bits per heavy atom. The summed E-state index contributed by atoms with van der Waals surface area (Å²) in [5.41, 5.74) is 2.79. The third-order valence-electron chi connectivity index (χ3n) is 5.42. The van der Waals surface area contributed by atoms with Gasteiger partial charge < -0.3 is 9.84 Å². The minimum Gasteiger partial charge on any atom is -0.479 e. The van der Waals surface area contributed by atoms with Crippen LogP contribution >= 0.6 is 16.1 Å². The predicted octanol–water partition coefficient (Wildman–Crippen LogP) is 4.40. The Kier molecular flexibility index (Phi) is 5.30. The van der Waals surface area contributed by atoms with E-state index < -0.39 is 17.5 Å². The van der Waals surface area contributed by atoms with E-state index in [0.29, 0.717) is 5.69 Å². The maximum atomic E-state index is 13.0. The molecule has 0 aliphatic heterocycles. The fourth-order valence-corrected chi connectivity index (χ4v) is 4.22. The summed E-state index contributed by atoms with van der Waals surface area (Å²) in [6.07, 6.45) is 3.03. The van der Waals surface area contributed by atoms with E-state index in [1.807, 2.05) is 48.5 Å². The van der Waals surface area contributed by atoms with Gasteiger partial charge in [-0.25, -0.2) is 9.59 Å². The Bertz CT molecular complexity index is 1060. The predicted molar refractivity (Wildman–Crippen MR) is 116 cm³/mol. The molecule has 0 unspecified atom stereocenters. The molecule has 1 aliphatic carbocycles. The van der Waals surface area contributed by atoms with E-state index in [-0.39, 0.29) is 12.5 Å². The zero-order valence-electron chi connectivity index (χ0n) is 16.2. The number of benzene rings is 2. The van der Waals surface area contributed by atoms with Crippen molar-refractivity contribution in [1.82, 2.24) is 4.98 Å². The van der Waals surface area contributed by atoms with Gasteiger partial charge in [-0.05, 0) is 41.3 Å². The molecule has 3 aromatic rings. The molecule has 0 amide bonds. The number of hydrogen-bond donors (Lipinski definition) is 1. The third kappa shape index (κ3) is 3.25. The molecule has 0 saturated carbocycles. The van der Waals surface area contributed by atoms with Crippen molar-refractivity contribution in [2.45, 2.75) is 18.4 Å². The van der Waals surface area contributed by atoms with Crippen LogP contribution in [0.1, 0.15) is 24.0 Å². The number of aliphatic carboxylic acids is 1. The van der Waals surface area contributed by atoms with E-state index in [1.54, 1.807) is 18.3 Å². The van der Waals surface area contributed by atoms with Crippen molar-refractivity contribution in [3.05, 3.63) is 84.2 Å². The zero-order chi connectivity index (χ0) is 21.3. The summed E-state index contributed by atoms with van der Waals surface area (Å²) in [4.78, 5) is 29.1. The lowest BCUT2D eigenvalue weighted by Gasteiger charge is -2.32. The molecule has 7 heteroatoms. The lowest BCUT2D eigenvalue weighted by Crippen LogP contribution is -2.55. The normalized spacial score (nSPS) is 14.3. The quantitative estimate of drug-likeness (QED) is 0.329. The number of fused-ring (bicyclic) bond motifs is 3. The van der Waals surface area contributed by atoms with Gasteiger partial charge in [0.2, 0.25) is 5.54 Å². The first-order chi connectivity index (χ1) is 14.4. The number of nitrogens with zero attached hydrogens (tertiary/aromatic N) is 2. The van der Waals surface area contributed by atoms with Crippen LogP contribution in [0.2, 0.25) is 0 Å². The second-order valence-corrected chi connectivity index (χ2v) is 7.90. The molecule has 1 atom stereocenters. The molecule has 0 bridgehead atoms. The highest BCUT2D eigenvalue weighted by Gasteiger charge is 2.49. The number of halogens is 1. The van der Waals surface area contributed by atoms with Crippen LogP contribution in [0.5, 0.6) is 0 Å². The number of aromatic nitrogens is 1. The first kappa shape index (κ1) is 20.1. The van der Waals surface area contributed by atoms with Gasteiger partial charge in [-0.1, -0.05) is 48.5 Å². The molecule has 0 fully saturated rings. The smallest absolute Gasteiger partial charge is 0.344 e. The number of carboxylic acid groups (broad SMARTS) is 1. The van der Waals surface area contributed by atoms with Gasteiger partial charge in [0.25, 0.3) is 0 Å². The Hall–Kier alpha value is -3.19. The Morgan fingerprint density at radius 1 is 1.07 bits per heavy atom. The number of rotatable bonds is 6. The van der Waals surface area contributed by atoms with Crippen LogP contribution in [0.25, 0.3) is 11.1 Å². The monoisotopic (exact) mass is 466 g/mol. The molecule has 1 heterocycles. The molecular formula is C23H19BrN2O4. The van der Waals surface area contributed by atoms with Crippen molar-refractivity contribution >= 4 is 33.8 Å². The number of carboxylic acids is 1. The van der Waals surface area contributed by atoms with Crippen LogP contribution in [0.3, 0.4) is 0 Å². The number of carbonyl (C=O) groups is 2. The van der Waals surface area contributed by atoms with Crippen molar-refractivity contribution in [3.63, 3.8) is 0 Å². The molecule has 6 nitrogen and oxygen atoms in total. The Morgan fingerprint density at radius 2 is 1.67 bits per heavy atom. The highest BCUT2D eigenvalue weighted by atomic mass is 79.9. The molecule has 1 N–H and O–H groups in total. The van der Waals surface area contributed by atoms with Gasteiger partial charge in [0.1, 0.15) is 6.61 Å². The topological polar surface area (TPSA) is 79.7 Å². The minimum atomic E-state index is -1.97. The van der Waals surface area contributed by atoms with Gasteiger partial charge in [-0.15, -0.1) is 0 Å². The standard InChI is InChI=1S/C23H19BrN2O4/c1-23(21(27)28,26(24)15-7-6-12-25-13-15)22(29)30-14-20-18-10-4-2-8-16(18)17-9-3-5-11-19(17)20/h2-13,20H,14H2,1H3,(H,27,28)/t23-/m0/s1. The van der Waals surface area contributed by atoms with Crippen molar-refractivity contribution in [2.24, 2.45) is 0 Å². The number of hydrogen-bond acceptors (Lipinski definition) is 5. The van der Waals surface area contributed by atoms with Crippen molar-refractivity contribution in [1.29, 1.82) is 0 Å². The number of anilines is 1. The lowest BCUT2D eigenvalue weighted by molar-refractivity contribution is -0.159. The molecule has 1 aliphatic rings. The minimum absolute atomic E-state index is 0.0452. The summed E-state index contributed by atoms with van der Waals surface area (Å²) in [5, 5.41) is 9.85. The highest BCUT2D eigenvalue weighted by molar-refractivity contribution is 9.10. The number of carbonyl (C=O) groups excluding carboxylic acids is 1. The van der Waals surface area contributed by atoms with Gasteiger partial charge in [-0.2, -0.15) is 0 Å². The van der Waals surface area contributed by atoms with Crippen LogP contribution in [-0.4, -0.2) is 34.2 Å². The van der Waals surface area contributed by atoms with E-state index in [4.69, 9.17) is 4.74 Å². The van der Waals surface area contributed by atoms with Crippen molar-refractivity contribution < 1.29 is 19.4 Å². The van der Waals surface area contributed by atoms with Crippen LogP contribution in [-0.2, 0) is 14.3 Å². The van der Waals surface area contributed by atoms with Crippen LogP contribution in [0.4, 0.5) is 5.69 Å².